The van der Waals surface area contributed by atoms with Gasteiger partial charge in [-0.3, -0.25) is 4.79 Å². The van der Waals surface area contributed by atoms with Crippen molar-refractivity contribution in [2.24, 2.45) is 0 Å². The highest BCUT2D eigenvalue weighted by molar-refractivity contribution is 5.94. The van der Waals surface area contributed by atoms with E-state index in [2.05, 4.69) is 5.32 Å². The molecule has 142 valence electrons. The summed E-state index contributed by atoms with van der Waals surface area (Å²) in [5.74, 6) is 0.670. The molecule has 1 aliphatic heterocycles. The van der Waals surface area contributed by atoms with Crippen LogP contribution in [-0.4, -0.2) is 54.5 Å². The van der Waals surface area contributed by atoms with Crippen molar-refractivity contribution in [3.63, 3.8) is 0 Å². The third-order valence-corrected chi connectivity index (χ3v) is 4.52. The first-order valence-corrected chi connectivity index (χ1v) is 9.31. The molecule has 0 bridgehead atoms. The van der Waals surface area contributed by atoms with Crippen molar-refractivity contribution < 1.29 is 14.3 Å². The van der Waals surface area contributed by atoms with E-state index in [1.54, 1.807) is 4.90 Å². The lowest BCUT2D eigenvalue weighted by molar-refractivity contribution is 0.0762. The van der Waals surface area contributed by atoms with Crippen molar-refractivity contribution in [2.75, 3.05) is 38.1 Å². The molecule has 0 unspecified atom stereocenters. The lowest BCUT2D eigenvalue weighted by Gasteiger charge is -2.23. The molecule has 3 rings (SSSR count). The van der Waals surface area contributed by atoms with Crippen LogP contribution in [0, 0.1) is 0 Å². The number of rotatable bonds is 4. The van der Waals surface area contributed by atoms with Gasteiger partial charge < -0.3 is 19.9 Å². The Morgan fingerprint density at radius 3 is 2.37 bits per heavy atom. The second kappa shape index (κ2) is 9.07. The summed E-state index contributed by atoms with van der Waals surface area (Å²) >= 11 is 0. The molecule has 1 heterocycles. The molecule has 0 radical (unpaired) electrons. The third-order valence-electron chi connectivity index (χ3n) is 4.52. The topological polar surface area (TPSA) is 61.9 Å². The van der Waals surface area contributed by atoms with Gasteiger partial charge >= 0.3 is 6.03 Å². The summed E-state index contributed by atoms with van der Waals surface area (Å²) in [5.41, 5.74) is 1.34. The first kappa shape index (κ1) is 18.8. The summed E-state index contributed by atoms with van der Waals surface area (Å²) in [7, 11) is 0. The van der Waals surface area contributed by atoms with Crippen LogP contribution in [0.5, 0.6) is 5.75 Å². The van der Waals surface area contributed by atoms with E-state index < -0.39 is 0 Å². The Balaban J connectivity index is 1.61. The van der Waals surface area contributed by atoms with E-state index in [0.717, 1.165) is 6.42 Å². The van der Waals surface area contributed by atoms with E-state index in [1.807, 2.05) is 66.4 Å². The van der Waals surface area contributed by atoms with Crippen molar-refractivity contribution >= 4 is 17.6 Å². The number of nitrogens with one attached hydrogen (secondary N) is 1. The van der Waals surface area contributed by atoms with Gasteiger partial charge in [-0.25, -0.2) is 4.79 Å². The van der Waals surface area contributed by atoms with Crippen LogP contribution in [0.2, 0.25) is 0 Å². The molecule has 6 heteroatoms. The van der Waals surface area contributed by atoms with Crippen molar-refractivity contribution in [3.8, 4) is 5.75 Å². The summed E-state index contributed by atoms with van der Waals surface area (Å²) in [6.07, 6.45) is 0.749. The highest BCUT2D eigenvalue weighted by Gasteiger charge is 2.23. The normalized spacial score (nSPS) is 14.4. The minimum Gasteiger partial charge on any atom is -0.492 e. The first-order valence-electron chi connectivity index (χ1n) is 9.31. The van der Waals surface area contributed by atoms with Crippen LogP contribution < -0.4 is 10.1 Å². The second-order valence-electron chi connectivity index (χ2n) is 6.36. The Kier molecular flexibility index (Phi) is 6.30. The molecule has 1 fully saturated rings. The quantitative estimate of drug-likeness (QED) is 0.900. The van der Waals surface area contributed by atoms with Gasteiger partial charge in [0.05, 0.1) is 12.3 Å². The fraction of sp³-hybridized carbons (Fsp3) is 0.333. The molecule has 1 N–H and O–H groups in total. The maximum atomic E-state index is 12.7. The Bertz CT molecular complexity index is 779. The number of para-hydroxylation sites is 2. The molecule has 0 aliphatic carbocycles. The molecule has 0 spiro atoms. The van der Waals surface area contributed by atoms with Gasteiger partial charge in [0.2, 0.25) is 0 Å². The van der Waals surface area contributed by atoms with Crippen molar-refractivity contribution in [2.45, 2.75) is 13.3 Å². The number of anilines is 1. The summed E-state index contributed by atoms with van der Waals surface area (Å²) in [4.78, 5) is 28.9. The van der Waals surface area contributed by atoms with Gasteiger partial charge in [-0.05, 0) is 37.6 Å². The maximum Gasteiger partial charge on any atom is 0.322 e. The highest BCUT2D eigenvalue weighted by atomic mass is 16.5. The molecular formula is C21H25N3O3. The van der Waals surface area contributed by atoms with Crippen LogP contribution in [0.4, 0.5) is 10.5 Å². The number of ether oxygens (including phenoxy) is 1. The van der Waals surface area contributed by atoms with Gasteiger partial charge in [0, 0.05) is 31.7 Å². The van der Waals surface area contributed by atoms with Crippen LogP contribution in [-0.2, 0) is 0 Å². The molecule has 2 aromatic carbocycles. The van der Waals surface area contributed by atoms with Gasteiger partial charge in [0.1, 0.15) is 5.75 Å². The Morgan fingerprint density at radius 2 is 1.59 bits per heavy atom. The zero-order valence-corrected chi connectivity index (χ0v) is 15.6. The van der Waals surface area contributed by atoms with E-state index in [4.69, 9.17) is 4.74 Å². The van der Waals surface area contributed by atoms with E-state index in [1.165, 1.54) is 0 Å². The van der Waals surface area contributed by atoms with Crippen LogP contribution in [0.3, 0.4) is 0 Å². The molecule has 2 aromatic rings. The Hall–Kier alpha value is -3.02. The Morgan fingerprint density at radius 1 is 0.926 bits per heavy atom. The molecule has 1 aliphatic rings. The summed E-state index contributed by atoms with van der Waals surface area (Å²) in [5, 5.41) is 2.93. The highest BCUT2D eigenvalue weighted by Crippen LogP contribution is 2.24. The van der Waals surface area contributed by atoms with Gasteiger partial charge in [-0.2, -0.15) is 0 Å². The van der Waals surface area contributed by atoms with E-state index >= 15 is 0 Å². The predicted octanol–water partition coefficient (Wildman–Crippen LogP) is 3.47. The van der Waals surface area contributed by atoms with Crippen molar-refractivity contribution in [1.29, 1.82) is 0 Å². The largest absolute Gasteiger partial charge is 0.492 e. The van der Waals surface area contributed by atoms with Crippen LogP contribution in [0.25, 0.3) is 0 Å². The molecule has 0 aromatic heterocycles. The predicted molar refractivity (Wildman–Crippen MR) is 105 cm³/mol. The monoisotopic (exact) mass is 367 g/mol. The van der Waals surface area contributed by atoms with Crippen molar-refractivity contribution in [1.82, 2.24) is 9.80 Å². The molecule has 6 nitrogen and oxygen atoms in total. The lowest BCUT2D eigenvalue weighted by Crippen LogP contribution is -2.39. The minimum absolute atomic E-state index is 0.0135. The smallest absolute Gasteiger partial charge is 0.322 e. The molecule has 0 atom stereocenters. The molecular weight excluding hydrogens is 342 g/mol. The number of benzene rings is 2. The second-order valence-corrected chi connectivity index (χ2v) is 6.36. The number of carbonyl (C=O) groups is 2. The minimum atomic E-state index is -0.170. The Labute approximate surface area is 159 Å². The average molecular weight is 367 g/mol. The molecule has 1 saturated heterocycles. The van der Waals surface area contributed by atoms with Gasteiger partial charge in [0.15, 0.2) is 0 Å². The van der Waals surface area contributed by atoms with Crippen LogP contribution >= 0.6 is 0 Å². The zero-order valence-electron chi connectivity index (χ0n) is 15.6. The first-order chi connectivity index (χ1) is 13.2. The number of hydrogen-bond donors (Lipinski definition) is 1. The van der Waals surface area contributed by atoms with Crippen LogP contribution in [0.1, 0.15) is 23.7 Å². The zero-order chi connectivity index (χ0) is 19.1. The van der Waals surface area contributed by atoms with Crippen LogP contribution in [0.15, 0.2) is 54.6 Å². The summed E-state index contributed by atoms with van der Waals surface area (Å²) in [6, 6.07) is 16.5. The van der Waals surface area contributed by atoms with E-state index in [-0.39, 0.29) is 11.9 Å². The fourth-order valence-electron chi connectivity index (χ4n) is 3.13. The summed E-state index contributed by atoms with van der Waals surface area (Å²) in [6.45, 7) is 4.72. The third kappa shape index (κ3) is 4.78. The van der Waals surface area contributed by atoms with Crippen molar-refractivity contribution in [3.05, 3.63) is 60.2 Å². The maximum absolute atomic E-state index is 12.7. The van der Waals surface area contributed by atoms with Gasteiger partial charge in [-0.1, -0.05) is 30.3 Å². The SMILES string of the molecule is CCOc1ccccc1NC(=O)N1CCCN(C(=O)c2ccccc2)CC1. The lowest BCUT2D eigenvalue weighted by atomic mass is 10.2. The standard InChI is InChI=1S/C21H25N3O3/c1-2-27-19-12-7-6-11-18(19)22-21(26)24-14-8-13-23(15-16-24)20(25)17-9-4-3-5-10-17/h3-7,9-12H,2,8,13-16H2,1H3,(H,22,26). The number of carbonyl (C=O) groups excluding carboxylic acids is 2. The molecule has 3 amide bonds. The molecule has 0 saturated carbocycles. The van der Waals surface area contributed by atoms with Gasteiger partial charge in [0.25, 0.3) is 5.91 Å². The molecule has 27 heavy (non-hydrogen) atoms. The average Bonchev–Trinajstić information content (AvgIpc) is 2.96. The van der Waals surface area contributed by atoms with E-state index in [0.29, 0.717) is 49.8 Å². The number of urea groups is 1. The number of nitrogens with zero attached hydrogens (tertiary/aromatic N) is 2. The van der Waals surface area contributed by atoms with Gasteiger partial charge in [-0.15, -0.1) is 0 Å². The number of hydrogen-bond acceptors (Lipinski definition) is 3. The van der Waals surface area contributed by atoms with E-state index in [9.17, 15) is 9.59 Å². The summed E-state index contributed by atoms with van der Waals surface area (Å²) < 4.78 is 5.56. The number of amides is 3. The fourth-order valence-corrected chi connectivity index (χ4v) is 3.13.